The fraction of sp³-hybridized carbons (Fsp3) is 0.429. The Kier molecular flexibility index (Phi) is 10.0. The second-order valence-corrected chi connectivity index (χ2v) is 12.1. The molecule has 2 saturated heterocycles. The Morgan fingerprint density at radius 2 is 1.68 bits per heavy atom. The highest BCUT2D eigenvalue weighted by Crippen LogP contribution is 2.44. The SMILES string of the molecule is CCC(CC)NC(=O)Nc1ccc(Oc2ccc(N(CC)C(=O)c3ccc(OC45CCCC(CC4)N5C)cc3)cc2)c(Cl)c1. The number of carbonyl (C=O) groups excluding carboxylic acids is 2. The van der Waals surface area contributed by atoms with Gasteiger partial charge in [0.15, 0.2) is 5.72 Å². The highest BCUT2D eigenvalue weighted by atomic mass is 35.5. The van der Waals surface area contributed by atoms with Gasteiger partial charge >= 0.3 is 6.03 Å². The molecule has 0 radical (unpaired) electrons. The fourth-order valence-electron chi connectivity index (χ4n) is 6.33. The van der Waals surface area contributed by atoms with E-state index < -0.39 is 0 Å². The number of hydrogen-bond acceptors (Lipinski definition) is 5. The predicted molar refractivity (Wildman–Crippen MR) is 176 cm³/mol. The molecule has 2 fully saturated rings. The van der Waals surface area contributed by atoms with E-state index in [4.69, 9.17) is 21.1 Å². The van der Waals surface area contributed by atoms with Gasteiger partial charge in [0.25, 0.3) is 5.91 Å². The van der Waals surface area contributed by atoms with Crippen LogP contribution >= 0.6 is 11.6 Å². The molecule has 2 aliphatic heterocycles. The number of piperidine rings is 1. The van der Waals surface area contributed by atoms with E-state index in [9.17, 15) is 9.59 Å². The predicted octanol–water partition coefficient (Wildman–Crippen LogP) is 8.46. The summed E-state index contributed by atoms with van der Waals surface area (Å²) in [4.78, 5) is 29.9. The van der Waals surface area contributed by atoms with Crippen molar-refractivity contribution in [1.29, 1.82) is 0 Å². The molecule has 3 aromatic carbocycles. The monoisotopic (exact) mass is 618 g/mol. The van der Waals surface area contributed by atoms with Crippen molar-refractivity contribution in [2.75, 3.05) is 23.8 Å². The molecule has 2 unspecified atom stereocenters. The number of carbonyl (C=O) groups is 2. The van der Waals surface area contributed by atoms with E-state index in [-0.39, 0.29) is 23.7 Å². The number of halogens is 1. The van der Waals surface area contributed by atoms with Crippen LogP contribution in [0.5, 0.6) is 17.2 Å². The third-order valence-electron chi connectivity index (χ3n) is 9.02. The van der Waals surface area contributed by atoms with Crippen molar-refractivity contribution in [3.63, 3.8) is 0 Å². The molecule has 5 rings (SSSR count). The number of nitrogens with zero attached hydrogens (tertiary/aromatic N) is 2. The molecule has 0 aromatic heterocycles. The number of fused-ring (bicyclic) bond motifs is 2. The lowest BCUT2D eigenvalue weighted by Gasteiger charge is -2.42. The molecule has 2 aliphatic rings. The lowest BCUT2D eigenvalue weighted by Crippen LogP contribution is -2.51. The highest BCUT2D eigenvalue weighted by molar-refractivity contribution is 6.32. The van der Waals surface area contributed by atoms with Gasteiger partial charge in [0.1, 0.15) is 17.2 Å². The maximum atomic E-state index is 13.5. The average Bonchev–Trinajstić information content (AvgIpc) is 3.18. The minimum Gasteiger partial charge on any atom is -0.473 e. The number of hydrogen-bond donors (Lipinski definition) is 2. The first-order valence-electron chi connectivity index (χ1n) is 15.7. The first-order valence-corrected chi connectivity index (χ1v) is 16.1. The van der Waals surface area contributed by atoms with E-state index in [1.54, 1.807) is 23.1 Å². The van der Waals surface area contributed by atoms with Gasteiger partial charge in [-0.25, -0.2) is 4.79 Å². The second-order valence-electron chi connectivity index (χ2n) is 11.7. The van der Waals surface area contributed by atoms with E-state index in [1.807, 2.05) is 69.3 Å². The van der Waals surface area contributed by atoms with Crippen LogP contribution in [-0.4, -0.2) is 48.2 Å². The van der Waals surface area contributed by atoms with Crippen molar-refractivity contribution >= 4 is 34.9 Å². The zero-order valence-electron chi connectivity index (χ0n) is 26.1. The van der Waals surface area contributed by atoms with Gasteiger partial charge in [-0.15, -0.1) is 0 Å². The number of anilines is 2. The van der Waals surface area contributed by atoms with Gasteiger partial charge in [-0.1, -0.05) is 25.4 Å². The van der Waals surface area contributed by atoms with Crippen molar-refractivity contribution in [1.82, 2.24) is 10.2 Å². The van der Waals surface area contributed by atoms with Gasteiger partial charge in [-0.05, 0) is 113 Å². The molecule has 2 atom stereocenters. The molecule has 0 aliphatic carbocycles. The van der Waals surface area contributed by atoms with Crippen molar-refractivity contribution in [3.8, 4) is 17.2 Å². The van der Waals surface area contributed by atoms with E-state index in [0.717, 1.165) is 37.1 Å². The van der Waals surface area contributed by atoms with Crippen LogP contribution in [0.2, 0.25) is 5.02 Å². The number of urea groups is 1. The quantitative estimate of drug-likeness (QED) is 0.225. The van der Waals surface area contributed by atoms with Crippen LogP contribution in [0.3, 0.4) is 0 Å². The Labute approximate surface area is 265 Å². The van der Waals surface area contributed by atoms with E-state index in [1.165, 1.54) is 19.3 Å². The Bertz CT molecular complexity index is 1440. The van der Waals surface area contributed by atoms with Crippen LogP contribution in [-0.2, 0) is 0 Å². The molecular weight excluding hydrogens is 576 g/mol. The van der Waals surface area contributed by atoms with Crippen LogP contribution in [0.15, 0.2) is 66.7 Å². The van der Waals surface area contributed by atoms with Gasteiger partial charge < -0.3 is 25.0 Å². The molecule has 44 heavy (non-hydrogen) atoms. The van der Waals surface area contributed by atoms with Crippen LogP contribution in [0.25, 0.3) is 0 Å². The summed E-state index contributed by atoms with van der Waals surface area (Å²) < 4.78 is 12.5. The lowest BCUT2D eigenvalue weighted by atomic mass is 10.0. The number of nitrogens with one attached hydrogen (secondary N) is 2. The maximum absolute atomic E-state index is 13.5. The first kappa shape index (κ1) is 31.7. The Balaban J connectivity index is 1.19. The minimum absolute atomic E-state index is 0.0824. The molecule has 8 nitrogen and oxygen atoms in total. The number of benzene rings is 3. The summed E-state index contributed by atoms with van der Waals surface area (Å²) >= 11 is 6.47. The van der Waals surface area contributed by atoms with E-state index in [0.29, 0.717) is 40.4 Å². The Hall–Kier alpha value is -3.75. The first-order chi connectivity index (χ1) is 21.2. The maximum Gasteiger partial charge on any atom is 0.319 e. The summed E-state index contributed by atoms with van der Waals surface area (Å²) in [7, 11) is 2.17. The summed E-state index contributed by atoms with van der Waals surface area (Å²) in [5.74, 6) is 1.76. The van der Waals surface area contributed by atoms with Crippen molar-refractivity contribution < 1.29 is 19.1 Å². The summed E-state index contributed by atoms with van der Waals surface area (Å²) in [6.45, 7) is 6.54. The van der Waals surface area contributed by atoms with Crippen molar-refractivity contribution in [2.45, 2.75) is 83.5 Å². The number of rotatable bonds is 11. The summed E-state index contributed by atoms with van der Waals surface area (Å²) in [5.41, 5.74) is 1.72. The van der Waals surface area contributed by atoms with Crippen LogP contribution in [0, 0.1) is 0 Å². The smallest absolute Gasteiger partial charge is 0.319 e. The van der Waals surface area contributed by atoms with Crippen molar-refractivity contribution in [3.05, 3.63) is 77.3 Å². The number of ether oxygens (including phenoxy) is 2. The topological polar surface area (TPSA) is 83.1 Å². The Morgan fingerprint density at radius 1 is 0.977 bits per heavy atom. The fourth-order valence-corrected chi connectivity index (χ4v) is 6.55. The summed E-state index contributed by atoms with van der Waals surface area (Å²) in [6, 6.07) is 20.4. The molecule has 234 valence electrons. The minimum atomic E-state index is -0.267. The van der Waals surface area contributed by atoms with Crippen LogP contribution in [0.4, 0.5) is 16.2 Å². The molecule has 3 amide bonds. The molecular formula is C35H43ClN4O4. The van der Waals surface area contributed by atoms with Gasteiger partial charge in [-0.2, -0.15) is 0 Å². The molecule has 2 N–H and O–H groups in total. The summed E-state index contributed by atoms with van der Waals surface area (Å²) in [5, 5.41) is 6.13. The van der Waals surface area contributed by atoms with Crippen LogP contribution < -0.4 is 25.0 Å². The van der Waals surface area contributed by atoms with Crippen molar-refractivity contribution in [2.24, 2.45) is 0 Å². The van der Waals surface area contributed by atoms with Gasteiger partial charge in [0.2, 0.25) is 0 Å². The molecule has 2 heterocycles. The number of amides is 3. The lowest BCUT2D eigenvalue weighted by molar-refractivity contribution is -0.0823. The standard InChI is InChI=1S/C35H43ClN4O4/c1-5-25(6-2)37-34(42)38-26-12-19-32(31(36)23-26)43-29-17-13-28(14-18-29)40(7-3)33(41)24-10-15-30(16-11-24)44-35-21-8-9-27(20-22-35)39(35)4/h10-19,23,25,27H,5-9,20-22H2,1-4H3,(H2,37,38,42). The summed E-state index contributed by atoms with van der Waals surface area (Å²) in [6.07, 6.45) is 7.42. The van der Waals surface area contributed by atoms with Gasteiger partial charge in [0, 0.05) is 48.4 Å². The Morgan fingerprint density at radius 3 is 2.34 bits per heavy atom. The normalized spacial score (nSPS) is 19.5. The largest absolute Gasteiger partial charge is 0.473 e. The highest BCUT2D eigenvalue weighted by Gasteiger charge is 2.48. The van der Waals surface area contributed by atoms with E-state index >= 15 is 0 Å². The molecule has 2 bridgehead atoms. The third kappa shape index (κ3) is 6.97. The molecule has 0 spiro atoms. The molecule has 3 aromatic rings. The molecule has 0 saturated carbocycles. The zero-order chi connectivity index (χ0) is 31.3. The zero-order valence-corrected chi connectivity index (χ0v) is 26.8. The van der Waals surface area contributed by atoms with Gasteiger partial charge in [-0.3, -0.25) is 9.69 Å². The van der Waals surface area contributed by atoms with E-state index in [2.05, 4.69) is 22.6 Å². The van der Waals surface area contributed by atoms with Gasteiger partial charge in [0.05, 0.1) is 5.02 Å². The average molecular weight is 619 g/mol. The third-order valence-corrected chi connectivity index (χ3v) is 9.32. The van der Waals surface area contributed by atoms with Crippen LogP contribution in [0.1, 0.15) is 76.1 Å². The second kappa shape index (κ2) is 13.9. The molecule has 9 heteroatoms.